The van der Waals surface area contributed by atoms with Gasteiger partial charge in [-0.3, -0.25) is 0 Å². The van der Waals surface area contributed by atoms with E-state index in [4.69, 9.17) is 0 Å². The zero-order valence-electron chi connectivity index (χ0n) is 7.54. The van der Waals surface area contributed by atoms with Gasteiger partial charge in [0, 0.05) is 24.3 Å². The Balaban J connectivity index is 1.90. The Morgan fingerprint density at radius 3 is 1.67 bits per heavy atom. The number of carbonyl (C=O) groups excluding carboxylic acids is 2. The van der Waals surface area contributed by atoms with Crippen LogP contribution in [-0.4, -0.2) is 30.4 Å². The molecule has 0 unspecified atom stereocenters. The number of hydrogen-bond acceptors (Lipinski definition) is 6. The summed E-state index contributed by atoms with van der Waals surface area (Å²) in [6.45, 7) is 0.0416. The second kappa shape index (κ2) is 3.87. The summed E-state index contributed by atoms with van der Waals surface area (Å²) in [6.07, 6.45) is 5.42. The first-order valence-corrected chi connectivity index (χ1v) is 4.13. The van der Waals surface area contributed by atoms with Crippen LogP contribution in [0.1, 0.15) is 0 Å². The highest BCUT2D eigenvalue weighted by Crippen LogP contribution is 2.00. The number of nitrogens with zero attached hydrogens (tertiary/aromatic N) is 2. The van der Waals surface area contributed by atoms with E-state index in [-0.39, 0.29) is 18.5 Å². The Hall–Kier alpha value is -2.24. The van der Waals surface area contributed by atoms with Gasteiger partial charge >= 0.3 is 11.9 Å². The van der Waals surface area contributed by atoms with Crippen LogP contribution in [0.5, 0.6) is 0 Å². The molecule has 2 heterocycles. The molecule has 0 N–H and O–H groups in total. The minimum absolute atomic E-state index is 0.0416. The van der Waals surface area contributed by atoms with Crippen molar-refractivity contribution in [2.75, 3.05) is 6.67 Å². The summed E-state index contributed by atoms with van der Waals surface area (Å²) >= 11 is 0. The standard InChI is InChI=1S/C9H6N2O4/c12-8-3-1-6(14-8)10-5-11-7-2-4-9(13)15-7/h1-4H,5H2. The fourth-order valence-electron chi connectivity index (χ4n) is 0.966. The normalized spacial score (nSPS) is 24.0. The Morgan fingerprint density at radius 1 is 0.867 bits per heavy atom. The molecule has 0 spiro atoms. The first kappa shape index (κ1) is 9.32. The average Bonchev–Trinajstić information content (AvgIpc) is 2.76. The van der Waals surface area contributed by atoms with Gasteiger partial charge in [-0.2, -0.15) is 0 Å². The fourth-order valence-corrected chi connectivity index (χ4v) is 0.966. The predicted octanol–water partition coefficient (Wildman–Crippen LogP) is -0.0331. The highest BCUT2D eigenvalue weighted by atomic mass is 16.5. The van der Waals surface area contributed by atoms with Crippen LogP contribution in [0.3, 0.4) is 0 Å². The maximum atomic E-state index is 10.6. The average molecular weight is 206 g/mol. The van der Waals surface area contributed by atoms with Gasteiger partial charge in [-0.05, 0) is 0 Å². The maximum absolute atomic E-state index is 10.6. The third kappa shape index (κ3) is 2.37. The Morgan fingerprint density at radius 2 is 1.33 bits per heavy atom. The van der Waals surface area contributed by atoms with Crippen molar-refractivity contribution in [2.24, 2.45) is 9.98 Å². The smallest absolute Gasteiger partial charge is 0.337 e. The SMILES string of the molecule is O=C1C=CC(=NCN=C2C=CC(=O)O2)O1. The van der Waals surface area contributed by atoms with Gasteiger partial charge in [-0.25, -0.2) is 19.6 Å². The molecule has 0 saturated carbocycles. The molecule has 0 radical (unpaired) electrons. The van der Waals surface area contributed by atoms with Gasteiger partial charge in [-0.15, -0.1) is 0 Å². The van der Waals surface area contributed by atoms with Crippen molar-refractivity contribution in [3.05, 3.63) is 24.3 Å². The van der Waals surface area contributed by atoms with E-state index in [1.807, 2.05) is 0 Å². The summed E-state index contributed by atoms with van der Waals surface area (Å²) in [5.41, 5.74) is 0. The molecule has 0 bridgehead atoms. The van der Waals surface area contributed by atoms with E-state index in [1.54, 1.807) is 0 Å². The van der Waals surface area contributed by atoms with E-state index in [2.05, 4.69) is 19.5 Å². The van der Waals surface area contributed by atoms with Crippen LogP contribution in [0.4, 0.5) is 0 Å². The van der Waals surface area contributed by atoms with E-state index >= 15 is 0 Å². The lowest BCUT2D eigenvalue weighted by molar-refractivity contribution is -0.130. The maximum Gasteiger partial charge on any atom is 0.337 e. The number of rotatable bonds is 2. The van der Waals surface area contributed by atoms with Crippen LogP contribution < -0.4 is 0 Å². The molecule has 2 aliphatic heterocycles. The van der Waals surface area contributed by atoms with Gasteiger partial charge in [0.1, 0.15) is 6.67 Å². The van der Waals surface area contributed by atoms with Crippen molar-refractivity contribution in [3.63, 3.8) is 0 Å². The Bertz CT molecular complexity index is 391. The van der Waals surface area contributed by atoms with Crippen LogP contribution in [0.15, 0.2) is 34.3 Å². The van der Waals surface area contributed by atoms with E-state index in [1.165, 1.54) is 24.3 Å². The minimum atomic E-state index is -0.450. The van der Waals surface area contributed by atoms with Crippen LogP contribution >= 0.6 is 0 Å². The molecule has 0 amide bonds. The summed E-state index contributed by atoms with van der Waals surface area (Å²) in [4.78, 5) is 28.9. The van der Waals surface area contributed by atoms with Crippen molar-refractivity contribution < 1.29 is 19.1 Å². The molecule has 15 heavy (non-hydrogen) atoms. The van der Waals surface area contributed by atoms with Gasteiger partial charge in [0.2, 0.25) is 11.8 Å². The predicted molar refractivity (Wildman–Crippen MR) is 50.2 cm³/mol. The second-order valence-corrected chi connectivity index (χ2v) is 2.64. The molecule has 2 aliphatic rings. The van der Waals surface area contributed by atoms with Crippen LogP contribution in [0.2, 0.25) is 0 Å². The third-order valence-corrected chi connectivity index (χ3v) is 1.59. The highest BCUT2D eigenvalue weighted by Gasteiger charge is 2.11. The highest BCUT2D eigenvalue weighted by molar-refractivity contribution is 6.08. The van der Waals surface area contributed by atoms with Crippen LogP contribution in [-0.2, 0) is 19.1 Å². The molecule has 0 aliphatic carbocycles. The van der Waals surface area contributed by atoms with Gasteiger partial charge in [-0.1, -0.05) is 0 Å². The number of carbonyl (C=O) groups is 2. The van der Waals surface area contributed by atoms with Crippen molar-refractivity contribution in [3.8, 4) is 0 Å². The number of ether oxygens (including phenoxy) is 2. The lowest BCUT2D eigenvalue weighted by Gasteiger charge is -1.94. The number of hydrogen-bond donors (Lipinski definition) is 0. The van der Waals surface area contributed by atoms with Crippen LogP contribution in [0, 0.1) is 0 Å². The molecule has 0 aromatic heterocycles. The number of esters is 2. The van der Waals surface area contributed by atoms with Gasteiger partial charge < -0.3 is 9.47 Å². The van der Waals surface area contributed by atoms with Crippen molar-refractivity contribution >= 4 is 23.7 Å². The molecule has 6 nitrogen and oxygen atoms in total. The summed E-state index contributed by atoms with van der Waals surface area (Å²) in [7, 11) is 0. The molecule has 0 aromatic rings. The van der Waals surface area contributed by atoms with E-state index < -0.39 is 11.9 Å². The monoisotopic (exact) mass is 206 g/mol. The lowest BCUT2D eigenvalue weighted by Crippen LogP contribution is -2.02. The summed E-state index contributed by atoms with van der Waals surface area (Å²) in [6, 6.07) is 0. The first-order chi connectivity index (χ1) is 7.24. The van der Waals surface area contributed by atoms with Crippen molar-refractivity contribution in [2.45, 2.75) is 0 Å². The molecular weight excluding hydrogens is 200 g/mol. The Labute approximate surface area is 84.6 Å². The zero-order valence-corrected chi connectivity index (χ0v) is 7.54. The topological polar surface area (TPSA) is 77.3 Å². The first-order valence-electron chi connectivity index (χ1n) is 4.13. The van der Waals surface area contributed by atoms with Gasteiger partial charge in [0.15, 0.2) is 0 Å². The quantitative estimate of drug-likeness (QED) is 0.594. The molecule has 0 atom stereocenters. The van der Waals surface area contributed by atoms with Crippen molar-refractivity contribution in [1.29, 1.82) is 0 Å². The molecular formula is C9H6N2O4. The molecule has 0 saturated heterocycles. The largest absolute Gasteiger partial charge is 0.405 e. The second-order valence-electron chi connectivity index (χ2n) is 2.64. The lowest BCUT2D eigenvalue weighted by atomic mass is 10.5. The molecule has 0 aromatic carbocycles. The summed E-state index contributed by atoms with van der Waals surface area (Å²) in [5.74, 6) is -0.488. The third-order valence-electron chi connectivity index (χ3n) is 1.59. The van der Waals surface area contributed by atoms with E-state index in [0.717, 1.165) is 0 Å². The Kier molecular flexibility index (Phi) is 2.40. The number of aliphatic imine (C=N–C) groups is 2. The summed E-state index contributed by atoms with van der Waals surface area (Å²) < 4.78 is 9.30. The summed E-state index contributed by atoms with van der Waals surface area (Å²) in [5, 5.41) is 0. The van der Waals surface area contributed by atoms with E-state index in [0.29, 0.717) is 0 Å². The number of cyclic esters (lactones) is 2. The van der Waals surface area contributed by atoms with Crippen LogP contribution in [0.25, 0.3) is 0 Å². The fraction of sp³-hybridized carbons (Fsp3) is 0.111. The van der Waals surface area contributed by atoms with Gasteiger partial charge in [0.25, 0.3) is 0 Å². The van der Waals surface area contributed by atoms with E-state index in [9.17, 15) is 9.59 Å². The molecule has 76 valence electrons. The minimum Gasteiger partial charge on any atom is -0.405 e. The molecule has 6 heteroatoms. The molecule has 0 fully saturated rings. The molecule has 2 rings (SSSR count). The zero-order chi connectivity index (χ0) is 10.7. The van der Waals surface area contributed by atoms with Crippen molar-refractivity contribution in [1.82, 2.24) is 0 Å². The van der Waals surface area contributed by atoms with Gasteiger partial charge in [0.05, 0.1) is 0 Å².